The summed E-state index contributed by atoms with van der Waals surface area (Å²) in [6.45, 7) is 4.86. The molecular formula is C21H17ClINO2S2. The van der Waals surface area contributed by atoms with Crippen molar-refractivity contribution in [1.29, 1.82) is 0 Å². The molecule has 0 spiro atoms. The molecule has 3 nitrogen and oxygen atoms in total. The summed E-state index contributed by atoms with van der Waals surface area (Å²) in [5.74, 6) is -0.286. The average Bonchev–Trinajstić information content (AvgIpc) is 3.32. The zero-order valence-electron chi connectivity index (χ0n) is 15.3. The van der Waals surface area contributed by atoms with Crippen molar-refractivity contribution in [2.45, 2.75) is 20.4 Å². The summed E-state index contributed by atoms with van der Waals surface area (Å²) in [4.78, 5) is 16.5. The number of carbonyl (C=O) groups excluding carboxylic acids is 1. The second kappa shape index (κ2) is 8.18. The summed E-state index contributed by atoms with van der Waals surface area (Å²) in [5, 5.41) is 0.688. The Bertz CT molecular complexity index is 1170. The molecule has 1 aromatic carbocycles. The fourth-order valence-electron chi connectivity index (χ4n) is 3.16. The molecule has 7 heteroatoms. The van der Waals surface area contributed by atoms with Crippen molar-refractivity contribution in [3.05, 3.63) is 67.2 Å². The van der Waals surface area contributed by atoms with Gasteiger partial charge in [0, 0.05) is 26.2 Å². The van der Waals surface area contributed by atoms with Gasteiger partial charge in [-0.1, -0.05) is 23.7 Å². The Hall–Kier alpha value is -1.35. The van der Waals surface area contributed by atoms with Crippen LogP contribution in [0.1, 0.15) is 27.9 Å². The van der Waals surface area contributed by atoms with Crippen LogP contribution in [0.5, 0.6) is 0 Å². The number of esters is 1. The van der Waals surface area contributed by atoms with Crippen molar-refractivity contribution in [2.75, 3.05) is 6.61 Å². The van der Waals surface area contributed by atoms with Crippen LogP contribution in [0.3, 0.4) is 0 Å². The van der Waals surface area contributed by atoms with E-state index in [0.29, 0.717) is 23.9 Å². The van der Waals surface area contributed by atoms with E-state index in [1.54, 1.807) is 22.7 Å². The van der Waals surface area contributed by atoms with Gasteiger partial charge in [0.15, 0.2) is 0 Å². The SMILES string of the molecule is CCOC(=O)c1c(I)c2sc(-c3ccc(C)s3)cc2n1Cc1cccc(Cl)c1. The Kier molecular flexibility index (Phi) is 5.83. The summed E-state index contributed by atoms with van der Waals surface area (Å²) in [5.41, 5.74) is 2.71. The number of carbonyl (C=O) groups is 1. The molecule has 0 radical (unpaired) electrons. The zero-order chi connectivity index (χ0) is 19.8. The van der Waals surface area contributed by atoms with Crippen molar-refractivity contribution in [3.63, 3.8) is 0 Å². The maximum absolute atomic E-state index is 12.7. The monoisotopic (exact) mass is 541 g/mol. The van der Waals surface area contributed by atoms with Crippen LogP contribution in [0, 0.1) is 10.5 Å². The molecule has 4 aromatic rings. The summed E-state index contributed by atoms with van der Waals surface area (Å²) in [6.07, 6.45) is 0. The lowest BCUT2D eigenvalue weighted by Crippen LogP contribution is -2.14. The Labute approximate surface area is 190 Å². The number of nitrogens with zero attached hydrogens (tertiary/aromatic N) is 1. The molecule has 0 aliphatic rings. The first kappa shape index (κ1) is 19.9. The molecule has 0 amide bonds. The highest BCUT2D eigenvalue weighted by molar-refractivity contribution is 14.1. The third-order valence-electron chi connectivity index (χ3n) is 4.36. The zero-order valence-corrected chi connectivity index (χ0v) is 19.8. The highest BCUT2D eigenvalue weighted by Crippen LogP contribution is 2.41. The molecule has 0 atom stereocenters. The second-order valence-corrected chi connectivity index (χ2v) is 10.2. The molecule has 28 heavy (non-hydrogen) atoms. The summed E-state index contributed by atoms with van der Waals surface area (Å²) >= 11 is 12.0. The number of rotatable bonds is 5. The quantitative estimate of drug-likeness (QED) is 0.197. The lowest BCUT2D eigenvalue weighted by Gasteiger charge is -2.11. The van der Waals surface area contributed by atoms with Crippen LogP contribution < -0.4 is 0 Å². The minimum atomic E-state index is -0.286. The molecule has 0 aliphatic carbocycles. The van der Waals surface area contributed by atoms with Gasteiger partial charge in [0.25, 0.3) is 0 Å². The molecule has 4 rings (SSSR count). The summed E-state index contributed by atoms with van der Waals surface area (Å²) in [6, 6.07) is 14.2. The van der Waals surface area contributed by atoms with E-state index in [4.69, 9.17) is 16.3 Å². The predicted octanol–water partition coefficient (Wildman–Crippen LogP) is 7.22. The van der Waals surface area contributed by atoms with Crippen molar-refractivity contribution in [2.24, 2.45) is 0 Å². The van der Waals surface area contributed by atoms with E-state index >= 15 is 0 Å². The van der Waals surface area contributed by atoms with Crippen LogP contribution in [0.4, 0.5) is 0 Å². The number of hydrogen-bond donors (Lipinski definition) is 0. The summed E-state index contributed by atoms with van der Waals surface area (Å²) in [7, 11) is 0. The lowest BCUT2D eigenvalue weighted by molar-refractivity contribution is 0.0513. The van der Waals surface area contributed by atoms with E-state index in [2.05, 4.69) is 52.3 Å². The molecule has 3 heterocycles. The largest absolute Gasteiger partial charge is 0.461 e. The van der Waals surface area contributed by atoms with Crippen molar-refractivity contribution in [1.82, 2.24) is 4.57 Å². The molecule has 0 unspecified atom stereocenters. The molecule has 0 bridgehead atoms. The van der Waals surface area contributed by atoms with E-state index < -0.39 is 0 Å². The molecule has 0 saturated heterocycles. The fourth-order valence-corrected chi connectivity index (χ4v) is 6.53. The van der Waals surface area contributed by atoms with Crippen LogP contribution in [-0.2, 0) is 11.3 Å². The van der Waals surface area contributed by atoms with Gasteiger partial charge in [-0.3, -0.25) is 0 Å². The van der Waals surface area contributed by atoms with E-state index in [-0.39, 0.29) is 5.97 Å². The van der Waals surface area contributed by atoms with Crippen molar-refractivity contribution >= 4 is 73.1 Å². The number of thiophene rings is 2. The van der Waals surface area contributed by atoms with E-state index in [1.807, 2.05) is 31.2 Å². The number of aryl methyl sites for hydroxylation is 1. The Morgan fingerprint density at radius 1 is 1.18 bits per heavy atom. The van der Waals surface area contributed by atoms with Gasteiger partial charge in [-0.2, -0.15) is 0 Å². The average molecular weight is 542 g/mol. The molecule has 144 valence electrons. The van der Waals surface area contributed by atoms with E-state index in [1.165, 1.54) is 14.6 Å². The first-order valence-electron chi connectivity index (χ1n) is 8.77. The van der Waals surface area contributed by atoms with Crippen molar-refractivity contribution in [3.8, 4) is 9.75 Å². The van der Waals surface area contributed by atoms with Crippen LogP contribution in [0.25, 0.3) is 20.0 Å². The van der Waals surface area contributed by atoms with Gasteiger partial charge < -0.3 is 9.30 Å². The molecule has 0 aliphatic heterocycles. The van der Waals surface area contributed by atoms with Crippen LogP contribution >= 0.6 is 56.9 Å². The maximum Gasteiger partial charge on any atom is 0.356 e. The van der Waals surface area contributed by atoms with Gasteiger partial charge in [-0.15, -0.1) is 22.7 Å². The smallest absolute Gasteiger partial charge is 0.356 e. The van der Waals surface area contributed by atoms with Crippen LogP contribution in [0.2, 0.25) is 5.02 Å². The highest BCUT2D eigenvalue weighted by atomic mass is 127. The van der Waals surface area contributed by atoms with Gasteiger partial charge >= 0.3 is 5.97 Å². The number of benzene rings is 1. The minimum Gasteiger partial charge on any atom is -0.461 e. The predicted molar refractivity (Wildman–Crippen MR) is 127 cm³/mol. The van der Waals surface area contributed by atoms with Gasteiger partial charge in [-0.05, 0) is 72.3 Å². The molecular weight excluding hydrogens is 525 g/mol. The molecule has 0 saturated carbocycles. The second-order valence-electron chi connectivity index (χ2n) is 6.33. The number of fused-ring (bicyclic) bond motifs is 1. The van der Waals surface area contributed by atoms with Gasteiger partial charge in [0.05, 0.1) is 20.4 Å². The van der Waals surface area contributed by atoms with Gasteiger partial charge in [-0.25, -0.2) is 4.79 Å². The Morgan fingerprint density at radius 3 is 2.68 bits per heavy atom. The number of ether oxygens (including phenoxy) is 1. The van der Waals surface area contributed by atoms with Crippen molar-refractivity contribution < 1.29 is 9.53 Å². The third-order valence-corrected chi connectivity index (χ3v) is 8.35. The Balaban J connectivity index is 1.88. The highest BCUT2D eigenvalue weighted by Gasteiger charge is 2.25. The number of halogens is 2. The standard InChI is InChI=1S/C21H17ClINO2S2/c1-3-26-21(25)19-18(23)20-15(10-17(28-20)16-8-7-12(2)27-16)24(19)11-13-5-4-6-14(22)9-13/h4-10H,3,11H2,1-2H3. The Morgan fingerprint density at radius 2 is 2.00 bits per heavy atom. The first-order valence-corrected chi connectivity index (χ1v) is 11.9. The molecule has 0 N–H and O–H groups in total. The number of hydrogen-bond acceptors (Lipinski definition) is 4. The fraction of sp³-hybridized carbons (Fsp3) is 0.190. The normalized spacial score (nSPS) is 11.3. The van der Waals surface area contributed by atoms with Gasteiger partial charge in [0.2, 0.25) is 0 Å². The lowest BCUT2D eigenvalue weighted by atomic mass is 10.2. The molecule has 3 aromatic heterocycles. The van der Waals surface area contributed by atoms with Gasteiger partial charge in [0.1, 0.15) is 5.69 Å². The topological polar surface area (TPSA) is 31.2 Å². The minimum absolute atomic E-state index is 0.286. The van der Waals surface area contributed by atoms with E-state index in [9.17, 15) is 4.79 Å². The van der Waals surface area contributed by atoms with E-state index in [0.717, 1.165) is 19.4 Å². The first-order chi connectivity index (χ1) is 13.5. The van der Waals surface area contributed by atoms with Crippen LogP contribution in [-0.4, -0.2) is 17.1 Å². The molecule has 0 fully saturated rings. The third kappa shape index (κ3) is 3.75. The summed E-state index contributed by atoms with van der Waals surface area (Å²) < 4.78 is 9.46. The maximum atomic E-state index is 12.7. The number of aromatic nitrogens is 1. The van der Waals surface area contributed by atoms with Crippen LogP contribution in [0.15, 0.2) is 42.5 Å².